The second-order valence-electron chi connectivity index (χ2n) is 7.94. The molecule has 25 heavy (non-hydrogen) atoms. The third-order valence-electron chi connectivity index (χ3n) is 6.11. The molecule has 3 aliphatic rings. The summed E-state index contributed by atoms with van der Waals surface area (Å²) in [4.78, 5) is 33.2. The topological polar surface area (TPSA) is 56.4 Å². The monoisotopic (exact) mass is 357 g/mol. The first kappa shape index (κ1) is 15.4. The number of H-pyrrole nitrogens is 1. The lowest BCUT2D eigenvalue weighted by atomic mass is 9.78. The highest BCUT2D eigenvalue weighted by Crippen LogP contribution is 2.42. The maximum atomic E-state index is 13.1. The van der Waals surface area contributed by atoms with Gasteiger partial charge < -0.3 is 14.8 Å². The number of hydrogen-bond donors (Lipinski definition) is 1. The molecule has 2 aromatic rings. The standard InChI is InChI=1S/C19H23N3O2S/c23-17(15-10-16-14(20-15)4-9-25-16)22-8-6-19(12-22)5-1-7-21(18(19)24)11-13-2-3-13/h4,9-10,13,20H,1-3,5-8,11-12H2/t19-/m1/s1. The molecule has 0 unspecified atom stereocenters. The molecule has 5 nitrogen and oxygen atoms in total. The molecule has 132 valence electrons. The number of hydrogen-bond acceptors (Lipinski definition) is 3. The Kier molecular flexibility index (Phi) is 3.45. The number of aromatic amines is 1. The Morgan fingerprint density at radius 2 is 2.20 bits per heavy atom. The Labute approximate surface area is 151 Å². The van der Waals surface area contributed by atoms with E-state index in [4.69, 9.17) is 0 Å². The molecule has 1 atom stereocenters. The molecule has 1 aliphatic carbocycles. The summed E-state index contributed by atoms with van der Waals surface area (Å²) in [7, 11) is 0. The summed E-state index contributed by atoms with van der Waals surface area (Å²) >= 11 is 1.64. The largest absolute Gasteiger partial charge is 0.350 e. The lowest BCUT2D eigenvalue weighted by Crippen LogP contribution is -2.51. The van der Waals surface area contributed by atoms with Crippen molar-refractivity contribution >= 4 is 33.4 Å². The van der Waals surface area contributed by atoms with Crippen LogP contribution in [0.2, 0.25) is 0 Å². The summed E-state index contributed by atoms with van der Waals surface area (Å²) in [5, 5.41) is 2.02. The van der Waals surface area contributed by atoms with E-state index in [1.165, 1.54) is 12.8 Å². The number of carbonyl (C=O) groups is 2. The number of thiophene rings is 1. The zero-order valence-electron chi connectivity index (χ0n) is 14.3. The van der Waals surface area contributed by atoms with E-state index < -0.39 is 0 Å². The van der Waals surface area contributed by atoms with Crippen molar-refractivity contribution in [3.63, 3.8) is 0 Å². The zero-order chi connectivity index (χ0) is 17.0. The summed E-state index contributed by atoms with van der Waals surface area (Å²) in [6.45, 7) is 3.10. The van der Waals surface area contributed by atoms with Gasteiger partial charge in [-0.25, -0.2) is 0 Å². The van der Waals surface area contributed by atoms with Gasteiger partial charge in [-0.1, -0.05) is 0 Å². The summed E-state index contributed by atoms with van der Waals surface area (Å²) in [6, 6.07) is 3.94. The average Bonchev–Trinajstić information content (AvgIpc) is 2.99. The van der Waals surface area contributed by atoms with Crippen molar-refractivity contribution in [3.8, 4) is 0 Å². The van der Waals surface area contributed by atoms with Gasteiger partial charge in [-0.2, -0.15) is 0 Å². The van der Waals surface area contributed by atoms with Crippen molar-refractivity contribution < 1.29 is 9.59 Å². The van der Waals surface area contributed by atoms with Gasteiger partial charge in [0.05, 0.1) is 15.6 Å². The highest BCUT2D eigenvalue weighted by atomic mass is 32.1. The second kappa shape index (κ2) is 5.59. The third-order valence-corrected chi connectivity index (χ3v) is 6.97. The van der Waals surface area contributed by atoms with Crippen LogP contribution in [0.1, 0.15) is 42.6 Å². The molecule has 0 bridgehead atoms. The van der Waals surface area contributed by atoms with Gasteiger partial charge in [0.15, 0.2) is 0 Å². The van der Waals surface area contributed by atoms with Crippen LogP contribution in [0.25, 0.3) is 10.2 Å². The SMILES string of the molecule is O=C(c1cc2sccc2[nH]1)N1CC[C@]2(CCCN(CC3CC3)C2=O)C1. The fourth-order valence-corrected chi connectivity index (χ4v) is 5.28. The zero-order valence-corrected chi connectivity index (χ0v) is 15.1. The van der Waals surface area contributed by atoms with Crippen LogP contribution in [0, 0.1) is 11.3 Å². The van der Waals surface area contributed by atoms with E-state index in [0.717, 1.165) is 48.5 Å². The molecule has 3 fully saturated rings. The van der Waals surface area contributed by atoms with E-state index in [-0.39, 0.29) is 11.3 Å². The summed E-state index contributed by atoms with van der Waals surface area (Å²) in [5.74, 6) is 1.06. The molecule has 6 heteroatoms. The molecule has 2 amide bonds. The number of fused-ring (bicyclic) bond motifs is 1. The normalized spacial score (nSPS) is 27.0. The first-order chi connectivity index (χ1) is 12.1. The number of piperidine rings is 1. The molecule has 1 spiro atoms. The van der Waals surface area contributed by atoms with Crippen molar-refractivity contribution in [2.75, 3.05) is 26.2 Å². The van der Waals surface area contributed by atoms with Crippen molar-refractivity contribution in [1.29, 1.82) is 0 Å². The van der Waals surface area contributed by atoms with Gasteiger partial charge in [0.2, 0.25) is 5.91 Å². The van der Waals surface area contributed by atoms with Crippen LogP contribution in [0.3, 0.4) is 0 Å². The van der Waals surface area contributed by atoms with Crippen LogP contribution in [-0.4, -0.2) is 52.8 Å². The Bertz CT molecular complexity index is 808. The van der Waals surface area contributed by atoms with Crippen molar-refractivity contribution in [2.24, 2.45) is 11.3 Å². The molecule has 0 aromatic carbocycles. The van der Waals surface area contributed by atoms with Crippen LogP contribution in [-0.2, 0) is 4.79 Å². The first-order valence-corrected chi connectivity index (χ1v) is 10.2. The quantitative estimate of drug-likeness (QED) is 0.918. The Morgan fingerprint density at radius 1 is 1.32 bits per heavy atom. The molecule has 2 saturated heterocycles. The number of nitrogens with zero attached hydrogens (tertiary/aromatic N) is 2. The summed E-state index contributed by atoms with van der Waals surface area (Å²) in [5.41, 5.74) is 1.34. The number of likely N-dealkylation sites (tertiary alicyclic amines) is 2. The number of amides is 2. The first-order valence-electron chi connectivity index (χ1n) is 9.29. The molecule has 5 rings (SSSR count). The van der Waals surface area contributed by atoms with E-state index in [1.54, 1.807) is 11.3 Å². The minimum atomic E-state index is -0.327. The molecule has 2 aliphatic heterocycles. The van der Waals surface area contributed by atoms with Gasteiger partial charge in [-0.3, -0.25) is 9.59 Å². The molecule has 1 N–H and O–H groups in total. The van der Waals surface area contributed by atoms with Crippen LogP contribution >= 0.6 is 11.3 Å². The Balaban J connectivity index is 1.33. The average molecular weight is 357 g/mol. The minimum absolute atomic E-state index is 0.0346. The van der Waals surface area contributed by atoms with Crippen molar-refractivity contribution in [2.45, 2.75) is 32.1 Å². The molecule has 1 saturated carbocycles. The number of carbonyl (C=O) groups excluding carboxylic acids is 2. The predicted octanol–water partition coefficient (Wildman–Crippen LogP) is 3.09. The van der Waals surface area contributed by atoms with Crippen LogP contribution in [0.15, 0.2) is 17.5 Å². The maximum Gasteiger partial charge on any atom is 0.270 e. The van der Waals surface area contributed by atoms with Crippen LogP contribution in [0.5, 0.6) is 0 Å². The summed E-state index contributed by atoms with van der Waals surface area (Å²) < 4.78 is 1.11. The molecule has 2 aromatic heterocycles. The van der Waals surface area contributed by atoms with Gasteiger partial charge in [0.1, 0.15) is 5.69 Å². The van der Waals surface area contributed by atoms with Gasteiger partial charge in [-0.05, 0) is 55.5 Å². The van der Waals surface area contributed by atoms with Crippen LogP contribution < -0.4 is 0 Å². The van der Waals surface area contributed by atoms with E-state index in [1.807, 2.05) is 22.4 Å². The third kappa shape index (κ3) is 2.58. The molecule has 4 heterocycles. The highest BCUT2D eigenvalue weighted by molar-refractivity contribution is 7.17. The predicted molar refractivity (Wildman–Crippen MR) is 97.7 cm³/mol. The smallest absolute Gasteiger partial charge is 0.270 e. The Hall–Kier alpha value is -1.82. The highest BCUT2D eigenvalue weighted by Gasteiger charge is 2.50. The fourth-order valence-electron chi connectivity index (χ4n) is 4.50. The van der Waals surface area contributed by atoms with Gasteiger partial charge >= 0.3 is 0 Å². The second-order valence-corrected chi connectivity index (χ2v) is 8.88. The van der Waals surface area contributed by atoms with E-state index in [0.29, 0.717) is 24.7 Å². The van der Waals surface area contributed by atoms with Gasteiger partial charge in [0, 0.05) is 26.2 Å². The maximum absolute atomic E-state index is 13.1. The molecular weight excluding hydrogens is 334 g/mol. The van der Waals surface area contributed by atoms with E-state index in [9.17, 15) is 9.59 Å². The molecular formula is C19H23N3O2S. The van der Waals surface area contributed by atoms with Crippen molar-refractivity contribution in [3.05, 3.63) is 23.2 Å². The number of rotatable bonds is 3. The summed E-state index contributed by atoms with van der Waals surface area (Å²) in [6.07, 6.45) is 5.35. The lowest BCUT2D eigenvalue weighted by molar-refractivity contribution is -0.145. The van der Waals surface area contributed by atoms with E-state index >= 15 is 0 Å². The molecule has 0 radical (unpaired) electrons. The van der Waals surface area contributed by atoms with Gasteiger partial charge in [-0.15, -0.1) is 11.3 Å². The van der Waals surface area contributed by atoms with E-state index in [2.05, 4.69) is 9.88 Å². The van der Waals surface area contributed by atoms with Gasteiger partial charge in [0.25, 0.3) is 5.91 Å². The Morgan fingerprint density at radius 3 is 3.00 bits per heavy atom. The number of aromatic nitrogens is 1. The number of nitrogens with one attached hydrogen (secondary N) is 1. The van der Waals surface area contributed by atoms with Crippen LogP contribution in [0.4, 0.5) is 0 Å². The lowest BCUT2D eigenvalue weighted by Gasteiger charge is -2.39. The fraction of sp³-hybridized carbons (Fsp3) is 0.579. The minimum Gasteiger partial charge on any atom is -0.350 e. The van der Waals surface area contributed by atoms with Crippen molar-refractivity contribution in [1.82, 2.24) is 14.8 Å².